The van der Waals surface area contributed by atoms with E-state index < -0.39 is 5.79 Å². The van der Waals surface area contributed by atoms with Gasteiger partial charge in [-0.05, 0) is 24.1 Å². The summed E-state index contributed by atoms with van der Waals surface area (Å²) >= 11 is 5.98. The summed E-state index contributed by atoms with van der Waals surface area (Å²) in [6, 6.07) is 7.92. The van der Waals surface area contributed by atoms with Gasteiger partial charge >= 0.3 is 0 Å². The highest BCUT2D eigenvalue weighted by Crippen LogP contribution is 2.31. The van der Waals surface area contributed by atoms with Crippen molar-refractivity contribution in [1.29, 1.82) is 0 Å². The van der Waals surface area contributed by atoms with E-state index in [4.69, 9.17) is 21.1 Å². The molecule has 1 aromatic carbocycles. The van der Waals surface area contributed by atoms with Crippen LogP contribution in [-0.4, -0.2) is 37.6 Å². The summed E-state index contributed by atoms with van der Waals surface area (Å²) < 4.78 is 16.6. The van der Waals surface area contributed by atoms with Gasteiger partial charge in [0.2, 0.25) is 0 Å². The smallest absolute Gasteiger partial charge is 0.187 e. The molecule has 0 radical (unpaired) electrons. The first-order chi connectivity index (χ1) is 12.7. The van der Waals surface area contributed by atoms with Crippen LogP contribution < -0.4 is 0 Å². The van der Waals surface area contributed by atoms with E-state index in [-0.39, 0.29) is 6.10 Å². The van der Waals surface area contributed by atoms with Gasteiger partial charge in [0.05, 0.1) is 32.4 Å². The maximum absolute atomic E-state index is 6.40. The first-order valence-electron chi connectivity index (χ1n) is 8.68. The fraction of sp³-hybridized carbons (Fsp3) is 0.368. The predicted molar refractivity (Wildman–Crippen MR) is 97.8 cm³/mol. The molecule has 0 amide bonds. The Bertz CT molecular complexity index is 805. The maximum Gasteiger partial charge on any atom is 0.187 e. The van der Waals surface area contributed by atoms with E-state index in [9.17, 15) is 0 Å². The van der Waals surface area contributed by atoms with E-state index in [1.807, 2.05) is 45.8 Å². The van der Waals surface area contributed by atoms with Crippen LogP contribution in [0.1, 0.15) is 12.0 Å². The molecule has 0 unspecified atom stereocenters. The van der Waals surface area contributed by atoms with Crippen LogP contribution in [0.2, 0.25) is 5.02 Å². The Balaban J connectivity index is 1.46. The molecular formula is C19H21ClN4O2. The normalized spacial score (nSPS) is 22.7. The van der Waals surface area contributed by atoms with Crippen molar-refractivity contribution in [2.24, 2.45) is 0 Å². The number of imidazole rings is 2. The second-order valence-corrected chi connectivity index (χ2v) is 7.02. The van der Waals surface area contributed by atoms with E-state index in [0.29, 0.717) is 13.2 Å². The molecule has 26 heavy (non-hydrogen) atoms. The molecule has 3 aromatic rings. The molecule has 4 rings (SSSR count). The zero-order valence-electron chi connectivity index (χ0n) is 14.4. The standard InChI is InChI=1S/C19H21ClN4O2/c20-17-3-1-16(2-4-17)5-6-19(13-24-10-8-22-15-24)25-12-18(26-19)11-23-9-7-21-14-23/h1-4,7-10,14-15,18H,5-6,11-13H2/t18-,19-/m1/s1. The van der Waals surface area contributed by atoms with Gasteiger partial charge in [-0.15, -0.1) is 0 Å². The minimum Gasteiger partial charge on any atom is -0.345 e. The third-order valence-electron chi connectivity index (χ3n) is 4.58. The van der Waals surface area contributed by atoms with Gasteiger partial charge in [-0.25, -0.2) is 9.97 Å². The van der Waals surface area contributed by atoms with Crippen molar-refractivity contribution >= 4 is 11.6 Å². The Morgan fingerprint density at radius 1 is 1.08 bits per heavy atom. The average molecular weight is 373 g/mol. The van der Waals surface area contributed by atoms with Gasteiger partial charge in [-0.1, -0.05) is 23.7 Å². The minimum absolute atomic E-state index is 0.00191. The summed E-state index contributed by atoms with van der Waals surface area (Å²) in [5.74, 6) is -0.661. The van der Waals surface area contributed by atoms with E-state index in [0.717, 1.165) is 24.4 Å². The monoisotopic (exact) mass is 372 g/mol. The van der Waals surface area contributed by atoms with Gasteiger partial charge in [0.15, 0.2) is 5.79 Å². The highest BCUT2D eigenvalue weighted by molar-refractivity contribution is 6.30. The molecule has 0 bridgehead atoms. The van der Waals surface area contributed by atoms with Gasteiger partial charge in [-0.2, -0.15) is 0 Å². The lowest BCUT2D eigenvalue weighted by Crippen LogP contribution is -2.37. The molecule has 136 valence electrons. The SMILES string of the molecule is Clc1ccc(CC[C@@]2(Cn3ccnc3)OC[C@@H](Cn3ccnc3)O2)cc1. The van der Waals surface area contributed by atoms with Crippen LogP contribution in [0.3, 0.4) is 0 Å². The number of aromatic nitrogens is 4. The van der Waals surface area contributed by atoms with E-state index in [2.05, 4.69) is 9.97 Å². The van der Waals surface area contributed by atoms with Crippen molar-refractivity contribution in [3.63, 3.8) is 0 Å². The largest absolute Gasteiger partial charge is 0.345 e. The number of benzene rings is 1. The first kappa shape index (κ1) is 17.3. The van der Waals surface area contributed by atoms with Crippen LogP contribution in [-0.2, 0) is 29.0 Å². The van der Waals surface area contributed by atoms with Crippen LogP contribution in [0, 0.1) is 0 Å². The molecule has 1 aliphatic heterocycles. The number of aryl methyl sites for hydroxylation is 1. The molecule has 7 heteroatoms. The molecule has 2 aromatic heterocycles. The topological polar surface area (TPSA) is 54.1 Å². The van der Waals surface area contributed by atoms with E-state index >= 15 is 0 Å². The fourth-order valence-electron chi connectivity index (χ4n) is 3.27. The Labute approximate surface area is 157 Å². The van der Waals surface area contributed by atoms with Crippen molar-refractivity contribution in [2.75, 3.05) is 6.61 Å². The number of halogens is 1. The molecule has 0 saturated carbocycles. The maximum atomic E-state index is 6.40. The summed E-state index contributed by atoms with van der Waals surface area (Å²) in [5.41, 5.74) is 1.21. The Morgan fingerprint density at radius 2 is 1.81 bits per heavy atom. The molecule has 1 fully saturated rings. The summed E-state index contributed by atoms with van der Waals surface area (Å²) in [6.45, 7) is 1.90. The summed E-state index contributed by atoms with van der Waals surface area (Å²) in [4.78, 5) is 8.22. The molecule has 0 aliphatic carbocycles. The molecule has 0 spiro atoms. The second kappa shape index (κ2) is 7.61. The minimum atomic E-state index is -0.661. The van der Waals surface area contributed by atoms with Gasteiger partial charge in [0.25, 0.3) is 0 Å². The molecule has 6 nitrogen and oxygen atoms in total. The van der Waals surface area contributed by atoms with Gasteiger partial charge in [-0.3, -0.25) is 0 Å². The van der Waals surface area contributed by atoms with E-state index in [1.165, 1.54) is 5.56 Å². The average Bonchev–Trinajstić information content (AvgIpc) is 3.39. The highest BCUT2D eigenvalue weighted by Gasteiger charge is 2.41. The quantitative estimate of drug-likeness (QED) is 0.639. The lowest BCUT2D eigenvalue weighted by Gasteiger charge is -2.28. The fourth-order valence-corrected chi connectivity index (χ4v) is 3.40. The number of hydrogen-bond acceptors (Lipinski definition) is 4. The number of ether oxygens (including phenoxy) is 2. The third-order valence-corrected chi connectivity index (χ3v) is 4.83. The van der Waals surface area contributed by atoms with Crippen molar-refractivity contribution in [3.8, 4) is 0 Å². The number of nitrogens with zero attached hydrogens (tertiary/aromatic N) is 4. The Kier molecular flexibility index (Phi) is 5.06. The van der Waals surface area contributed by atoms with Crippen molar-refractivity contribution in [3.05, 3.63) is 72.3 Å². The van der Waals surface area contributed by atoms with Crippen molar-refractivity contribution in [1.82, 2.24) is 19.1 Å². The van der Waals surface area contributed by atoms with Crippen LogP contribution in [0.4, 0.5) is 0 Å². The van der Waals surface area contributed by atoms with Crippen molar-refractivity contribution < 1.29 is 9.47 Å². The highest BCUT2D eigenvalue weighted by atomic mass is 35.5. The lowest BCUT2D eigenvalue weighted by molar-refractivity contribution is -0.183. The van der Waals surface area contributed by atoms with E-state index in [1.54, 1.807) is 25.0 Å². The number of hydrogen-bond donors (Lipinski definition) is 0. The second-order valence-electron chi connectivity index (χ2n) is 6.58. The van der Waals surface area contributed by atoms with Gasteiger partial charge in [0.1, 0.15) is 6.10 Å². The van der Waals surface area contributed by atoms with Crippen LogP contribution in [0.25, 0.3) is 0 Å². The zero-order valence-corrected chi connectivity index (χ0v) is 15.1. The summed E-state index contributed by atoms with van der Waals surface area (Å²) in [5, 5.41) is 0.746. The summed E-state index contributed by atoms with van der Waals surface area (Å²) in [6.07, 6.45) is 12.6. The molecule has 1 saturated heterocycles. The lowest BCUT2D eigenvalue weighted by atomic mass is 10.0. The molecule has 2 atom stereocenters. The van der Waals surface area contributed by atoms with Crippen molar-refractivity contribution in [2.45, 2.75) is 37.8 Å². The molecule has 0 N–H and O–H groups in total. The predicted octanol–water partition coefficient (Wildman–Crippen LogP) is 3.18. The molecular weight excluding hydrogens is 352 g/mol. The van der Waals surface area contributed by atoms with Crippen LogP contribution >= 0.6 is 11.6 Å². The van der Waals surface area contributed by atoms with Crippen LogP contribution in [0.5, 0.6) is 0 Å². The van der Waals surface area contributed by atoms with Gasteiger partial charge < -0.3 is 18.6 Å². The summed E-state index contributed by atoms with van der Waals surface area (Å²) in [7, 11) is 0. The molecule has 1 aliphatic rings. The third kappa shape index (κ3) is 4.15. The Hall–Kier alpha value is -2.15. The first-order valence-corrected chi connectivity index (χ1v) is 9.06. The number of rotatable bonds is 7. The van der Waals surface area contributed by atoms with Gasteiger partial charge in [0, 0.05) is 36.2 Å². The Morgan fingerprint density at radius 3 is 2.50 bits per heavy atom. The zero-order chi connectivity index (χ0) is 17.8. The van der Waals surface area contributed by atoms with Crippen LogP contribution in [0.15, 0.2) is 61.7 Å². The molecule has 3 heterocycles.